The van der Waals surface area contributed by atoms with Crippen LogP contribution in [0, 0.1) is 12.7 Å². The lowest BCUT2D eigenvalue weighted by Crippen LogP contribution is -2.56. The predicted octanol–water partition coefficient (Wildman–Crippen LogP) is 1.93. The zero-order valence-corrected chi connectivity index (χ0v) is 9.96. The Labute approximate surface area is 96.5 Å². The first kappa shape index (κ1) is 11.6. The van der Waals surface area contributed by atoms with Crippen molar-refractivity contribution >= 4 is 0 Å². The van der Waals surface area contributed by atoms with Crippen LogP contribution in [0.1, 0.15) is 18.1 Å². The zero-order valence-electron chi connectivity index (χ0n) is 9.96. The molecule has 1 aromatic rings. The van der Waals surface area contributed by atoms with E-state index in [0.29, 0.717) is 6.04 Å². The van der Waals surface area contributed by atoms with E-state index in [1.807, 2.05) is 19.1 Å². The number of likely N-dealkylation sites (N-methyl/N-ethyl adjacent to an activating group) is 1. The third-order valence-corrected chi connectivity index (χ3v) is 3.29. The molecule has 0 saturated carbocycles. The molecule has 88 valence electrons. The van der Waals surface area contributed by atoms with Gasteiger partial charge in [-0.2, -0.15) is 0 Å². The molecule has 0 unspecified atom stereocenters. The van der Waals surface area contributed by atoms with Gasteiger partial charge in [0.2, 0.25) is 0 Å². The molecule has 0 amide bonds. The molecule has 1 fully saturated rings. The fraction of sp³-hybridized carbons (Fsp3) is 0.538. The van der Waals surface area contributed by atoms with Crippen molar-refractivity contribution in [3.63, 3.8) is 0 Å². The summed E-state index contributed by atoms with van der Waals surface area (Å²) in [5.74, 6) is -0.114. The number of halogens is 1. The summed E-state index contributed by atoms with van der Waals surface area (Å²) in [5.41, 5.74) is 1.94. The molecule has 16 heavy (non-hydrogen) atoms. The molecule has 1 N–H and O–H groups in total. The molecule has 0 radical (unpaired) electrons. The molecule has 0 atom stereocenters. The molecule has 0 aromatic heterocycles. The van der Waals surface area contributed by atoms with E-state index in [4.69, 9.17) is 0 Å². The number of nitrogens with one attached hydrogen (secondary N) is 1. The summed E-state index contributed by atoms with van der Waals surface area (Å²) < 4.78 is 13.1. The quantitative estimate of drug-likeness (QED) is 0.837. The van der Waals surface area contributed by atoms with Gasteiger partial charge in [0.25, 0.3) is 0 Å². The molecule has 1 heterocycles. The smallest absolute Gasteiger partial charge is 0.126 e. The molecule has 0 aliphatic carbocycles. The largest absolute Gasteiger partial charge is 0.314 e. The second kappa shape index (κ2) is 4.93. The van der Waals surface area contributed by atoms with Crippen molar-refractivity contribution in [2.75, 3.05) is 19.6 Å². The summed E-state index contributed by atoms with van der Waals surface area (Å²) in [5, 5.41) is 3.28. The number of benzene rings is 1. The average molecular weight is 222 g/mol. The van der Waals surface area contributed by atoms with E-state index in [1.165, 1.54) is 5.56 Å². The van der Waals surface area contributed by atoms with Crippen LogP contribution in [-0.4, -0.2) is 30.6 Å². The fourth-order valence-corrected chi connectivity index (χ4v) is 2.07. The number of hydrogen-bond donors (Lipinski definition) is 1. The van der Waals surface area contributed by atoms with Crippen molar-refractivity contribution < 1.29 is 4.39 Å². The second-order valence-corrected chi connectivity index (χ2v) is 4.46. The highest BCUT2D eigenvalue weighted by molar-refractivity contribution is 5.24. The highest BCUT2D eigenvalue weighted by Crippen LogP contribution is 2.14. The maximum absolute atomic E-state index is 13.1. The van der Waals surface area contributed by atoms with Gasteiger partial charge in [-0.1, -0.05) is 19.1 Å². The second-order valence-electron chi connectivity index (χ2n) is 4.46. The maximum atomic E-state index is 13.1. The van der Waals surface area contributed by atoms with Crippen LogP contribution in [0.3, 0.4) is 0 Å². The zero-order chi connectivity index (χ0) is 11.5. The lowest BCUT2D eigenvalue weighted by atomic mass is 10.1. The van der Waals surface area contributed by atoms with E-state index in [0.717, 1.165) is 31.7 Å². The van der Waals surface area contributed by atoms with Crippen LogP contribution in [0.2, 0.25) is 0 Å². The Morgan fingerprint density at radius 2 is 2.19 bits per heavy atom. The van der Waals surface area contributed by atoms with Crippen LogP contribution in [-0.2, 0) is 6.54 Å². The van der Waals surface area contributed by atoms with Crippen molar-refractivity contribution in [2.45, 2.75) is 26.4 Å². The van der Waals surface area contributed by atoms with E-state index < -0.39 is 0 Å². The van der Waals surface area contributed by atoms with Gasteiger partial charge in [0.15, 0.2) is 0 Å². The van der Waals surface area contributed by atoms with E-state index in [-0.39, 0.29) is 5.82 Å². The molecule has 0 spiro atoms. The Bertz CT molecular complexity index is 361. The minimum atomic E-state index is -0.114. The van der Waals surface area contributed by atoms with Crippen LogP contribution in [0.5, 0.6) is 0 Å². The Hall–Kier alpha value is -0.930. The average Bonchev–Trinajstić information content (AvgIpc) is 2.20. The monoisotopic (exact) mass is 222 g/mol. The minimum absolute atomic E-state index is 0.114. The molecule has 3 heteroatoms. The first-order chi connectivity index (χ1) is 7.70. The van der Waals surface area contributed by atoms with Crippen LogP contribution in [0.15, 0.2) is 18.2 Å². The van der Waals surface area contributed by atoms with Crippen molar-refractivity contribution in [1.29, 1.82) is 0 Å². The molecule has 1 saturated heterocycles. The summed E-state index contributed by atoms with van der Waals surface area (Å²) in [6.45, 7) is 8.11. The molecule has 2 nitrogen and oxygen atoms in total. The molecule has 1 aliphatic heterocycles. The summed E-state index contributed by atoms with van der Waals surface area (Å²) in [7, 11) is 0. The molecule has 2 rings (SSSR count). The first-order valence-corrected chi connectivity index (χ1v) is 5.90. The third kappa shape index (κ3) is 2.42. The SMILES string of the molecule is CCN(Cc1ccc(F)c(C)c1)C1CNC1. The number of rotatable bonds is 4. The topological polar surface area (TPSA) is 15.3 Å². The molecule has 1 aliphatic rings. The highest BCUT2D eigenvalue weighted by atomic mass is 19.1. The van der Waals surface area contributed by atoms with Gasteiger partial charge in [0.05, 0.1) is 0 Å². The van der Waals surface area contributed by atoms with Gasteiger partial charge in [-0.3, -0.25) is 4.90 Å². The van der Waals surface area contributed by atoms with Crippen LogP contribution in [0.4, 0.5) is 4.39 Å². The van der Waals surface area contributed by atoms with Crippen LogP contribution in [0.25, 0.3) is 0 Å². The van der Waals surface area contributed by atoms with Gasteiger partial charge < -0.3 is 5.32 Å². The summed E-state index contributed by atoms with van der Waals surface area (Å²) in [6.07, 6.45) is 0. The van der Waals surface area contributed by atoms with Gasteiger partial charge in [0.1, 0.15) is 5.82 Å². The molecule has 1 aromatic carbocycles. The van der Waals surface area contributed by atoms with Gasteiger partial charge in [-0.25, -0.2) is 4.39 Å². The fourth-order valence-electron chi connectivity index (χ4n) is 2.07. The minimum Gasteiger partial charge on any atom is -0.314 e. The first-order valence-electron chi connectivity index (χ1n) is 5.90. The predicted molar refractivity (Wildman–Crippen MR) is 63.9 cm³/mol. The Morgan fingerprint density at radius 1 is 1.44 bits per heavy atom. The number of hydrogen-bond acceptors (Lipinski definition) is 2. The Kier molecular flexibility index (Phi) is 3.56. The normalized spacial score (nSPS) is 16.5. The van der Waals surface area contributed by atoms with Crippen molar-refractivity contribution in [3.05, 3.63) is 35.1 Å². The highest BCUT2D eigenvalue weighted by Gasteiger charge is 2.23. The maximum Gasteiger partial charge on any atom is 0.126 e. The lowest BCUT2D eigenvalue weighted by Gasteiger charge is -2.37. The molecule has 0 bridgehead atoms. The van der Waals surface area contributed by atoms with Gasteiger partial charge in [0, 0.05) is 25.7 Å². The van der Waals surface area contributed by atoms with E-state index in [9.17, 15) is 4.39 Å². The van der Waals surface area contributed by atoms with E-state index in [2.05, 4.69) is 17.1 Å². The van der Waals surface area contributed by atoms with E-state index >= 15 is 0 Å². The van der Waals surface area contributed by atoms with Gasteiger partial charge in [-0.05, 0) is 30.7 Å². The molecular weight excluding hydrogens is 203 g/mol. The van der Waals surface area contributed by atoms with Gasteiger partial charge in [-0.15, -0.1) is 0 Å². The van der Waals surface area contributed by atoms with Crippen LogP contribution >= 0.6 is 0 Å². The van der Waals surface area contributed by atoms with Crippen molar-refractivity contribution in [3.8, 4) is 0 Å². The summed E-state index contributed by atoms with van der Waals surface area (Å²) in [6, 6.07) is 6.05. The standard InChI is InChI=1S/C13H19FN2/c1-3-16(12-7-15-8-12)9-11-4-5-13(14)10(2)6-11/h4-6,12,15H,3,7-9H2,1-2H3. The van der Waals surface area contributed by atoms with Crippen molar-refractivity contribution in [1.82, 2.24) is 10.2 Å². The lowest BCUT2D eigenvalue weighted by molar-refractivity contribution is 0.145. The molecular formula is C13H19FN2. The van der Waals surface area contributed by atoms with E-state index in [1.54, 1.807) is 6.07 Å². The Balaban J connectivity index is 2.03. The van der Waals surface area contributed by atoms with Crippen molar-refractivity contribution in [2.24, 2.45) is 0 Å². The summed E-state index contributed by atoms with van der Waals surface area (Å²) >= 11 is 0. The summed E-state index contributed by atoms with van der Waals surface area (Å²) in [4.78, 5) is 2.43. The Morgan fingerprint density at radius 3 is 2.69 bits per heavy atom. The number of nitrogens with zero attached hydrogens (tertiary/aromatic N) is 1. The third-order valence-electron chi connectivity index (χ3n) is 3.29. The van der Waals surface area contributed by atoms with Gasteiger partial charge >= 0.3 is 0 Å². The van der Waals surface area contributed by atoms with Crippen LogP contribution < -0.4 is 5.32 Å². The number of aryl methyl sites for hydroxylation is 1.